The molecule has 0 radical (unpaired) electrons. The number of rotatable bonds is 7. The molecule has 2 amide bonds. The predicted molar refractivity (Wildman–Crippen MR) is 113 cm³/mol. The van der Waals surface area contributed by atoms with Crippen molar-refractivity contribution in [1.82, 2.24) is 5.32 Å². The van der Waals surface area contributed by atoms with Gasteiger partial charge in [-0.25, -0.2) is 0 Å². The highest BCUT2D eigenvalue weighted by Gasteiger charge is 2.29. The summed E-state index contributed by atoms with van der Waals surface area (Å²) >= 11 is 0. The average molecular weight is 410 g/mol. The molecule has 1 atom stereocenters. The summed E-state index contributed by atoms with van der Waals surface area (Å²) in [7, 11) is 0. The molecule has 0 spiro atoms. The highest BCUT2D eigenvalue weighted by atomic mass is 16.5. The van der Waals surface area contributed by atoms with Crippen molar-refractivity contribution in [2.75, 3.05) is 18.0 Å². The molecule has 0 saturated carbocycles. The molecule has 0 aliphatic carbocycles. The van der Waals surface area contributed by atoms with E-state index in [9.17, 15) is 14.4 Å². The third-order valence-corrected chi connectivity index (χ3v) is 4.69. The first kappa shape index (κ1) is 21.4. The van der Waals surface area contributed by atoms with Crippen LogP contribution in [-0.4, -0.2) is 43.1 Å². The molecule has 0 aromatic heterocycles. The summed E-state index contributed by atoms with van der Waals surface area (Å²) in [5, 5.41) is 2.51. The minimum atomic E-state index is -0.937. The lowest BCUT2D eigenvalue weighted by Gasteiger charge is -2.21. The van der Waals surface area contributed by atoms with Crippen LogP contribution in [0.25, 0.3) is 0 Å². The van der Waals surface area contributed by atoms with Crippen LogP contribution < -0.4 is 15.0 Å². The quantitative estimate of drug-likeness (QED) is 0.710. The van der Waals surface area contributed by atoms with E-state index in [1.807, 2.05) is 38.1 Å². The first-order chi connectivity index (χ1) is 14.3. The Labute approximate surface area is 176 Å². The van der Waals surface area contributed by atoms with Crippen LogP contribution in [0.3, 0.4) is 0 Å². The van der Waals surface area contributed by atoms with Crippen molar-refractivity contribution < 1.29 is 23.9 Å². The number of ether oxygens (including phenoxy) is 2. The molecule has 1 aliphatic rings. The maximum Gasteiger partial charge on any atom is 0.326 e. The van der Waals surface area contributed by atoms with Gasteiger partial charge in [-0.2, -0.15) is 0 Å². The Morgan fingerprint density at radius 1 is 1.03 bits per heavy atom. The molecule has 7 heteroatoms. The molecular formula is C23H26N2O5. The maximum atomic E-state index is 12.7. The van der Waals surface area contributed by atoms with E-state index in [1.54, 1.807) is 29.2 Å². The normalized spacial score (nSPS) is 13.5. The summed E-state index contributed by atoms with van der Waals surface area (Å²) < 4.78 is 10.8. The van der Waals surface area contributed by atoms with Gasteiger partial charge in [-0.1, -0.05) is 18.2 Å². The second-order valence-corrected chi connectivity index (χ2v) is 7.37. The smallest absolute Gasteiger partial charge is 0.326 e. The number of carbonyl (C=O) groups is 3. The molecule has 0 unspecified atom stereocenters. The summed E-state index contributed by atoms with van der Waals surface area (Å²) in [5.41, 5.74) is 2.35. The number of nitrogens with one attached hydrogen (secondary N) is 1. The molecule has 7 nitrogen and oxygen atoms in total. The molecule has 158 valence electrons. The van der Waals surface area contributed by atoms with Gasteiger partial charge in [-0.3, -0.25) is 14.4 Å². The molecule has 2 aromatic carbocycles. The van der Waals surface area contributed by atoms with Crippen molar-refractivity contribution in [2.45, 2.75) is 39.4 Å². The van der Waals surface area contributed by atoms with Gasteiger partial charge >= 0.3 is 5.97 Å². The van der Waals surface area contributed by atoms with Crippen LogP contribution in [0.5, 0.6) is 5.75 Å². The van der Waals surface area contributed by atoms with Crippen LogP contribution in [0, 0.1) is 0 Å². The van der Waals surface area contributed by atoms with Crippen molar-refractivity contribution in [3.05, 3.63) is 59.7 Å². The van der Waals surface area contributed by atoms with E-state index in [0.29, 0.717) is 17.9 Å². The zero-order chi connectivity index (χ0) is 21.7. The summed E-state index contributed by atoms with van der Waals surface area (Å²) in [6.45, 7) is 5.61. The van der Waals surface area contributed by atoms with Crippen molar-refractivity contribution in [2.24, 2.45) is 0 Å². The second-order valence-electron chi connectivity index (χ2n) is 7.37. The van der Waals surface area contributed by atoms with Gasteiger partial charge in [0.15, 0.2) is 6.10 Å². The maximum absolute atomic E-state index is 12.7. The third kappa shape index (κ3) is 5.17. The van der Waals surface area contributed by atoms with Crippen molar-refractivity contribution >= 4 is 23.5 Å². The lowest BCUT2D eigenvalue weighted by atomic mass is 10.2. The summed E-state index contributed by atoms with van der Waals surface area (Å²) in [6, 6.07) is 14.3. The molecule has 0 bridgehead atoms. The largest absolute Gasteiger partial charge is 0.491 e. The molecule has 3 rings (SSSR count). The Kier molecular flexibility index (Phi) is 6.72. The number of benzene rings is 2. The van der Waals surface area contributed by atoms with Gasteiger partial charge in [0.25, 0.3) is 11.8 Å². The van der Waals surface area contributed by atoms with Gasteiger partial charge in [-0.05, 0) is 63.1 Å². The Morgan fingerprint density at radius 2 is 1.73 bits per heavy atom. The Balaban J connectivity index is 1.48. The van der Waals surface area contributed by atoms with E-state index >= 15 is 0 Å². The fourth-order valence-corrected chi connectivity index (χ4v) is 3.29. The number of amides is 2. The van der Waals surface area contributed by atoms with Crippen LogP contribution in [0.1, 0.15) is 36.7 Å². The van der Waals surface area contributed by atoms with Gasteiger partial charge in [0.05, 0.1) is 6.10 Å². The summed E-state index contributed by atoms with van der Waals surface area (Å²) in [5.74, 6) is -0.691. The topological polar surface area (TPSA) is 84.9 Å². The van der Waals surface area contributed by atoms with Gasteiger partial charge < -0.3 is 19.7 Å². The van der Waals surface area contributed by atoms with Gasteiger partial charge in [0.1, 0.15) is 12.3 Å². The molecule has 0 fully saturated rings. The number of esters is 1. The molecule has 30 heavy (non-hydrogen) atoms. The lowest BCUT2D eigenvalue weighted by molar-refractivity contribution is -0.152. The minimum Gasteiger partial charge on any atom is -0.491 e. The van der Waals surface area contributed by atoms with E-state index in [2.05, 4.69) is 5.32 Å². The van der Waals surface area contributed by atoms with E-state index in [0.717, 1.165) is 17.7 Å². The minimum absolute atomic E-state index is 0.0400. The van der Waals surface area contributed by atoms with Gasteiger partial charge in [-0.15, -0.1) is 0 Å². The SMILES string of the molecule is CC(C)Oc1ccc(C(=O)NCC(=O)O[C@H](C)C(=O)N2CCc3ccccc32)cc1. The zero-order valence-corrected chi connectivity index (χ0v) is 17.4. The number of anilines is 1. The number of fused-ring (bicyclic) bond motifs is 1. The highest BCUT2D eigenvalue weighted by molar-refractivity contribution is 5.99. The number of carbonyl (C=O) groups excluding carboxylic acids is 3. The fourth-order valence-electron chi connectivity index (χ4n) is 3.29. The van der Waals surface area contributed by atoms with Crippen LogP contribution >= 0.6 is 0 Å². The van der Waals surface area contributed by atoms with E-state index < -0.39 is 18.0 Å². The summed E-state index contributed by atoms with van der Waals surface area (Å²) in [4.78, 5) is 38.6. The first-order valence-electron chi connectivity index (χ1n) is 9.99. The molecular weight excluding hydrogens is 384 g/mol. The number of nitrogens with zero attached hydrogens (tertiary/aromatic N) is 1. The number of hydrogen-bond acceptors (Lipinski definition) is 5. The number of para-hydroxylation sites is 1. The predicted octanol–water partition coefficient (Wildman–Crippen LogP) is 2.72. The van der Waals surface area contributed by atoms with E-state index in [-0.39, 0.29) is 18.6 Å². The van der Waals surface area contributed by atoms with Crippen molar-refractivity contribution in [1.29, 1.82) is 0 Å². The highest BCUT2D eigenvalue weighted by Crippen LogP contribution is 2.28. The summed E-state index contributed by atoms with van der Waals surface area (Å²) in [6.07, 6.45) is -0.120. The lowest BCUT2D eigenvalue weighted by Crippen LogP contribution is -2.41. The molecule has 1 N–H and O–H groups in total. The monoisotopic (exact) mass is 410 g/mol. The van der Waals surface area contributed by atoms with Crippen molar-refractivity contribution in [3.63, 3.8) is 0 Å². The van der Waals surface area contributed by atoms with Crippen LogP contribution in [0.2, 0.25) is 0 Å². The van der Waals surface area contributed by atoms with Crippen LogP contribution in [0.4, 0.5) is 5.69 Å². The Bertz CT molecular complexity index is 923. The van der Waals surface area contributed by atoms with Crippen LogP contribution in [-0.2, 0) is 20.7 Å². The second kappa shape index (κ2) is 9.43. The third-order valence-electron chi connectivity index (χ3n) is 4.69. The fraction of sp³-hybridized carbons (Fsp3) is 0.348. The molecule has 2 aromatic rings. The van der Waals surface area contributed by atoms with Gasteiger partial charge in [0.2, 0.25) is 0 Å². The van der Waals surface area contributed by atoms with Crippen LogP contribution in [0.15, 0.2) is 48.5 Å². The molecule has 1 heterocycles. The average Bonchev–Trinajstić information content (AvgIpc) is 3.15. The Hall–Kier alpha value is -3.35. The Morgan fingerprint density at radius 3 is 2.43 bits per heavy atom. The number of hydrogen-bond donors (Lipinski definition) is 1. The molecule has 0 saturated heterocycles. The zero-order valence-electron chi connectivity index (χ0n) is 17.4. The standard InChI is InChI=1S/C23H26N2O5/c1-15(2)29-19-10-8-18(9-11-19)22(27)24-14-21(26)30-16(3)23(28)25-13-12-17-6-4-5-7-20(17)25/h4-11,15-16H,12-14H2,1-3H3,(H,24,27)/t16-/m1/s1. The molecule has 1 aliphatic heterocycles. The van der Waals surface area contributed by atoms with Crippen molar-refractivity contribution in [3.8, 4) is 5.75 Å². The van der Waals surface area contributed by atoms with E-state index in [1.165, 1.54) is 6.92 Å². The van der Waals surface area contributed by atoms with Gasteiger partial charge in [0, 0.05) is 17.8 Å². The van der Waals surface area contributed by atoms with E-state index in [4.69, 9.17) is 9.47 Å². The first-order valence-corrected chi connectivity index (χ1v) is 9.99.